The minimum absolute atomic E-state index is 0.0542. The van der Waals surface area contributed by atoms with Crippen molar-refractivity contribution in [3.05, 3.63) is 25.3 Å². The molecule has 7 heteroatoms. The van der Waals surface area contributed by atoms with Crippen LogP contribution in [-0.2, 0) is 28.6 Å². The van der Waals surface area contributed by atoms with E-state index in [9.17, 15) is 14.4 Å². The quantitative estimate of drug-likeness (QED) is 0.181. The van der Waals surface area contributed by atoms with Gasteiger partial charge in [-0.05, 0) is 0 Å². The van der Waals surface area contributed by atoms with Gasteiger partial charge in [0.05, 0.1) is 25.9 Å². The van der Waals surface area contributed by atoms with E-state index in [4.69, 9.17) is 14.2 Å². The summed E-state index contributed by atoms with van der Waals surface area (Å²) in [7, 11) is 0. The van der Waals surface area contributed by atoms with Crippen molar-refractivity contribution in [1.29, 1.82) is 0 Å². The number of isocyanates is 1. The monoisotopic (exact) mass is 283 g/mol. The minimum atomic E-state index is -0.545. The Morgan fingerprint density at radius 2 is 1.70 bits per heavy atom. The molecule has 0 aromatic heterocycles. The lowest BCUT2D eigenvalue weighted by molar-refractivity contribution is -0.141. The highest BCUT2D eigenvalue weighted by Crippen LogP contribution is 2.01. The summed E-state index contributed by atoms with van der Waals surface area (Å²) in [6.07, 6.45) is 3.41. The first-order chi connectivity index (χ1) is 9.63. The summed E-state index contributed by atoms with van der Waals surface area (Å²) < 4.78 is 14.9. The van der Waals surface area contributed by atoms with Crippen LogP contribution in [0.4, 0.5) is 0 Å². The summed E-state index contributed by atoms with van der Waals surface area (Å²) in [6, 6.07) is 0. The van der Waals surface area contributed by atoms with Crippen LogP contribution in [0.5, 0.6) is 0 Å². The van der Waals surface area contributed by atoms with Crippen LogP contribution in [0.15, 0.2) is 30.3 Å². The van der Waals surface area contributed by atoms with Gasteiger partial charge in [-0.3, -0.25) is 0 Å². The Hall–Kier alpha value is -2.24. The first kappa shape index (κ1) is 17.8. The molecule has 0 aromatic carbocycles. The van der Waals surface area contributed by atoms with E-state index in [0.717, 1.165) is 12.2 Å². The summed E-state index contributed by atoms with van der Waals surface area (Å²) in [5, 5.41) is 0. The maximum Gasteiger partial charge on any atom is 0.330 e. The molecule has 0 N–H and O–H groups in total. The topological polar surface area (TPSA) is 91.3 Å². The molecule has 0 radical (unpaired) electrons. The molecule has 0 spiro atoms. The molecule has 0 aliphatic rings. The highest BCUT2D eigenvalue weighted by molar-refractivity contribution is 5.81. The average Bonchev–Trinajstić information content (AvgIpc) is 2.47. The van der Waals surface area contributed by atoms with Crippen LogP contribution in [0.25, 0.3) is 0 Å². The van der Waals surface area contributed by atoms with E-state index in [2.05, 4.69) is 18.2 Å². The van der Waals surface area contributed by atoms with Gasteiger partial charge in [-0.2, -0.15) is 0 Å². The van der Waals surface area contributed by atoms with E-state index >= 15 is 0 Å². The Balaban J connectivity index is 3.97. The summed E-state index contributed by atoms with van der Waals surface area (Å²) in [4.78, 5) is 35.1. The highest BCUT2D eigenvalue weighted by atomic mass is 16.6. The molecule has 0 aliphatic heterocycles. The number of aliphatic imine (C=N–C) groups is 1. The second-order valence-electron chi connectivity index (χ2n) is 3.46. The zero-order valence-electron chi connectivity index (χ0n) is 11.1. The predicted octanol–water partition coefficient (Wildman–Crippen LogP) is 0.556. The van der Waals surface area contributed by atoms with E-state index in [-0.39, 0.29) is 26.4 Å². The molecule has 0 fully saturated rings. The molecule has 1 atom stereocenters. The molecule has 0 saturated heterocycles. The number of carbonyl (C=O) groups excluding carboxylic acids is 3. The second-order valence-corrected chi connectivity index (χ2v) is 3.46. The number of carbonyl (C=O) groups is 2. The van der Waals surface area contributed by atoms with Gasteiger partial charge in [-0.25, -0.2) is 19.4 Å². The average molecular weight is 283 g/mol. The maximum atomic E-state index is 10.8. The Bertz CT molecular complexity index is 386. The third-order valence-corrected chi connectivity index (χ3v) is 2.06. The number of nitrogens with zero attached hydrogens (tertiary/aromatic N) is 1. The fourth-order valence-electron chi connectivity index (χ4n) is 1.13. The van der Waals surface area contributed by atoms with E-state index in [1.54, 1.807) is 0 Å². The van der Waals surface area contributed by atoms with Crippen molar-refractivity contribution in [2.24, 2.45) is 4.99 Å². The summed E-state index contributed by atoms with van der Waals surface area (Å²) >= 11 is 0. The lowest BCUT2D eigenvalue weighted by Gasteiger charge is -2.15. The van der Waals surface area contributed by atoms with Crippen molar-refractivity contribution in [1.82, 2.24) is 0 Å². The van der Waals surface area contributed by atoms with Crippen LogP contribution in [0.1, 0.15) is 6.42 Å². The van der Waals surface area contributed by atoms with Crippen molar-refractivity contribution >= 4 is 18.0 Å². The largest absolute Gasteiger partial charge is 0.462 e. The molecule has 0 saturated carbocycles. The molecule has 0 bridgehead atoms. The lowest BCUT2D eigenvalue weighted by atomic mass is 10.2. The van der Waals surface area contributed by atoms with Gasteiger partial charge in [0.25, 0.3) is 0 Å². The number of ether oxygens (including phenoxy) is 3. The zero-order valence-corrected chi connectivity index (χ0v) is 11.1. The predicted molar refractivity (Wildman–Crippen MR) is 69.7 cm³/mol. The number of hydrogen-bond donors (Lipinski definition) is 0. The SMILES string of the molecule is C=CC(=O)OCCOC(CCOC(=O)C=C)CN=C=O. The smallest absolute Gasteiger partial charge is 0.330 e. The van der Waals surface area contributed by atoms with Gasteiger partial charge in [0.1, 0.15) is 6.61 Å². The van der Waals surface area contributed by atoms with Crippen LogP contribution in [0.3, 0.4) is 0 Å². The Morgan fingerprint density at radius 1 is 1.10 bits per heavy atom. The molecule has 0 aliphatic carbocycles. The van der Waals surface area contributed by atoms with E-state index in [1.165, 1.54) is 6.08 Å². The van der Waals surface area contributed by atoms with Gasteiger partial charge in [-0.15, -0.1) is 0 Å². The molecular weight excluding hydrogens is 266 g/mol. The van der Waals surface area contributed by atoms with Gasteiger partial charge >= 0.3 is 11.9 Å². The van der Waals surface area contributed by atoms with Crippen molar-refractivity contribution in [3.63, 3.8) is 0 Å². The maximum absolute atomic E-state index is 10.8. The molecule has 0 heterocycles. The first-order valence-corrected chi connectivity index (χ1v) is 5.87. The fraction of sp³-hybridized carbons (Fsp3) is 0.462. The standard InChI is InChI=1S/C13H17NO6/c1-3-12(16)19-6-5-11(9-14-10-15)18-7-8-20-13(17)4-2/h3-4,11H,1-2,5-9H2. The van der Waals surface area contributed by atoms with Crippen LogP contribution >= 0.6 is 0 Å². The van der Waals surface area contributed by atoms with Crippen molar-refractivity contribution in [2.75, 3.05) is 26.4 Å². The zero-order chi connectivity index (χ0) is 15.2. The highest BCUT2D eigenvalue weighted by Gasteiger charge is 2.10. The Labute approximate surface area is 116 Å². The molecule has 1 unspecified atom stereocenters. The Morgan fingerprint density at radius 3 is 2.25 bits per heavy atom. The second kappa shape index (κ2) is 11.8. The van der Waals surface area contributed by atoms with Crippen LogP contribution in [0, 0.1) is 0 Å². The summed E-state index contributed by atoms with van der Waals surface area (Å²) in [5.74, 6) is -1.08. The van der Waals surface area contributed by atoms with E-state index in [1.807, 2.05) is 0 Å². The number of esters is 2. The molecule has 20 heavy (non-hydrogen) atoms. The molecular formula is C13H17NO6. The van der Waals surface area contributed by atoms with Gasteiger partial charge in [0.15, 0.2) is 0 Å². The lowest BCUT2D eigenvalue weighted by Crippen LogP contribution is -2.22. The third-order valence-electron chi connectivity index (χ3n) is 2.06. The summed E-state index contributed by atoms with van der Waals surface area (Å²) in [5.41, 5.74) is 0. The minimum Gasteiger partial charge on any atom is -0.462 e. The molecule has 7 nitrogen and oxygen atoms in total. The number of hydrogen-bond acceptors (Lipinski definition) is 7. The summed E-state index contributed by atoms with van der Waals surface area (Å²) in [6.45, 7) is 6.89. The number of rotatable bonds is 11. The van der Waals surface area contributed by atoms with Crippen molar-refractivity contribution in [2.45, 2.75) is 12.5 Å². The molecule has 0 rings (SSSR count). The van der Waals surface area contributed by atoms with Gasteiger partial charge in [0, 0.05) is 18.6 Å². The molecule has 0 amide bonds. The normalized spacial score (nSPS) is 10.8. The van der Waals surface area contributed by atoms with Gasteiger partial charge in [-0.1, -0.05) is 13.2 Å². The Kier molecular flexibility index (Phi) is 10.5. The van der Waals surface area contributed by atoms with Crippen LogP contribution in [0.2, 0.25) is 0 Å². The van der Waals surface area contributed by atoms with Crippen molar-refractivity contribution in [3.8, 4) is 0 Å². The van der Waals surface area contributed by atoms with Gasteiger partial charge in [0.2, 0.25) is 6.08 Å². The first-order valence-electron chi connectivity index (χ1n) is 5.87. The molecule has 110 valence electrons. The van der Waals surface area contributed by atoms with Crippen LogP contribution < -0.4 is 0 Å². The van der Waals surface area contributed by atoms with E-state index < -0.39 is 18.0 Å². The third kappa shape index (κ3) is 9.76. The van der Waals surface area contributed by atoms with E-state index in [0.29, 0.717) is 6.42 Å². The van der Waals surface area contributed by atoms with Gasteiger partial charge < -0.3 is 14.2 Å². The van der Waals surface area contributed by atoms with Crippen molar-refractivity contribution < 1.29 is 28.6 Å². The van der Waals surface area contributed by atoms with Crippen LogP contribution in [-0.4, -0.2) is 50.5 Å². The fourth-order valence-corrected chi connectivity index (χ4v) is 1.13. The molecule has 0 aromatic rings.